The van der Waals surface area contributed by atoms with E-state index in [1.54, 1.807) is 4.68 Å². The summed E-state index contributed by atoms with van der Waals surface area (Å²) in [6.07, 6.45) is 0. The number of tetrazole rings is 1. The summed E-state index contributed by atoms with van der Waals surface area (Å²) in [5.41, 5.74) is 1.12. The minimum atomic E-state index is 0.0996. The normalized spacial score (nSPS) is 15.0. The second kappa shape index (κ2) is 7.37. The van der Waals surface area contributed by atoms with Gasteiger partial charge in [-0.3, -0.25) is 4.79 Å². The van der Waals surface area contributed by atoms with E-state index in [2.05, 4.69) is 15.5 Å². The van der Waals surface area contributed by atoms with Crippen molar-refractivity contribution in [1.82, 2.24) is 25.1 Å². The molecule has 1 aliphatic rings. The van der Waals surface area contributed by atoms with Crippen molar-refractivity contribution < 1.29 is 9.53 Å². The molecular weight excluding hydrogens is 302 g/mol. The lowest BCUT2D eigenvalue weighted by atomic mass is 10.2. The minimum absolute atomic E-state index is 0.0996. The van der Waals surface area contributed by atoms with Gasteiger partial charge in [-0.05, 0) is 16.0 Å². The SMILES string of the molecule is O=C(CSc1nnnn1Cc1ccccc1)N1CCOCC1. The van der Waals surface area contributed by atoms with Crippen LogP contribution in [-0.2, 0) is 16.1 Å². The lowest BCUT2D eigenvalue weighted by molar-refractivity contribution is -0.132. The van der Waals surface area contributed by atoms with Crippen molar-refractivity contribution >= 4 is 17.7 Å². The summed E-state index contributed by atoms with van der Waals surface area (Å²) in [4.78, 5) is 14.0. The van der Waals surface area contributed by atoms with Gasteiger partial charge in [0.25, 0.3) is 0 Å². The minimum Gasteiger partial charge on any atom is -0.378 e. The number of hydrogen-bond donors (Lipinski definition) is 0. The Morgan fingerprint density at radius 1 is 1.23 bits per heavy atom. The molecule has 2 heterocycles. The van der Waals surface area contributed by atoms with Gasteiger partial charge in [-0.15, -0.1) is 5.10 Å². The molecule has 1 fully saturated rings. The van der Waals surface area contributed by atoms with Crippen LogP contribution in [0, 0.1) is 0 Å². The van der Waals surface area contributed by atoms with Gasteiger partial charge in [0.1, 0.15) is 0 Å². The van der Waals surface area contributed by atoms with E-state index in [-0.39, 0.29) is 5.91 Å². The Morgan fingerprint density at radius 2 is 2.00 bits per heavy atom. The third-order valence-corrected chi connectivity index (χ3v) is 4.30. The largest absolute Gasteiger partial charge is 0.378 e. The molecule has 1 amide bonds. The zero-order valence-electron chi connectivity index (χ0n) is 12.1. The van der Waals surface area contributed by atoms with Crippen molar-refractivity contribution in [3.8, 4) is 0 Å². The summed E-state index contributed by atoms with van der Waals surface area (Å²) in [6.45, 7) is 3.15. The number of nitrogens with zero attached hydrogens (tertiary/aromatic N) is 5. The quantitative estimate of drug-likeness (QED) is 0.754. The van der Waals surface area contributed by atoms with Crippen molar-refractivity contribution in [2.75, 3.05) is 32.1 Å². The van der Waals surface area contributed by atoms with E-state index in [9.17, 15) is 4.79 Å². The van der Waals surface area contributed by atoms with Crippen LogP contribution in [0.4, 0.5) is 0 Å². The molecule has 1 saturated heterocycles. The predicted molar refractivity (Wildman–Crippen MR) is 81.5 cm³/mol. The number of carbonyl (C=O) groups excluding carboxylic acids is 1. The molecule has 0 saturated carbocycles. The van der Waals surface area contributed by atoms with Gasteiger partial charge in [0, 0.05) is 13.1 Å². The number of thioether (sulfide) groups is 1. The number of aromatic nitrogens is 4. The highest BCUT2D eigenvalue weighted by Crippen LogP contribution is 2.16. The van der Waals surface area contributed by atoms with Crippen LogP contribution in [0.15, 0.2) is 35.5 Å². The number of carbonyl (C=O) groups is 1. The Labute approximate surface area is 132 Å². The molecule has 22 heavy (non-hydrogen) atoms. The van der Waals surface area contributed by atoms with Crippen LogP contribution in [0.5, 0.6) is 0 Å². The van der Waals surface area contributed by atoms with E-state index in [1.807, 2.05) is 35.2 Å². The smallest absolute Gasteiger partial charge is 0.233 e. The third-order valence-electron chi connectivity index (χ3n) is 3.36. The van der Waals surface area contributed by atoms with Gasteiger partial charge in [-0.2, -0.15) is 0 Å². The number of ether oxygens (including phenoxy) is 1. The first-order valence-corrected chi connectivity index (χ1v) is 8.10. The molecule has 1 aromatic heterocycles. The van der Waals surface area contributed by atoms with Crippen molar-refractivity contribution in [3.63, 3.8) is 0 Å². The summed E-state index contributed by atoms with van der Waals surface area (Å²) in [7, 11) is 0. The van der Waals surface area contributed by atoms with Crippen LogP contribution in [-0.4, -0.2) is 63.1 Å². The van der Waals surface area contributed by atoms with Crippen molar-refractivity contribution in [2.24, 2.45) is 0 Å². The summed E-state index contributed by atoms with van der Waals surface area (Å²) < 4.78 is 6.96. The number of hydrogen-bond acceptors (Lipinski definition) is 6. The molecule has 0 spiro atoms. The first kappa shape index (κ1) is 15.0. The standard InChI is InChI=1S/C14H17N5O2S/c20-13(18-6-8-21-9-7-18)11-22-14-15-16-17-19(14)10-12-4-2-1-3-5-12/h1-5H,6-11H2. The fraction of sp³-hybridized carbons (Fsp3) is 0.429. The Morgan fingerprint density at radius 3 is 2.77 bits per heavy atom. The summed E-state index contributed by atoms with van der Waals surface area (Å²) >= 11 is 1.37. The van der Waals surface area contributed by atoms with E-state index < -0.39 is 0 Å². The Kier molecular flexibility index (Phi) is 5.02. The fourth-order valence-corrected chi connectivity index (χ4v) is 2.97. The molecule has 0 aliphatic carbocycles. The van der Waals surface area contributed by atoms with Crippen LogP contribution >= 0.6 is 11.8 Å². The molecule has 7 nitrogen and oxygen atoms in total. The highest BCUT2D eigenvalue weighted by molar-refractivity contribution is 7.99. The van der Waals surface area contributed by atoms with Crippen molar-refractivity contribution in [3.05, 3.63) is 35.9 Å². The predicted octanol–water partition coefficient (Wildman–Crippen LogP) is 0.672. The second-order valence-corrected chi connectivity index (χ2v) is 5.83. The summed E-state index contributed by atoms with van der Waals surface area (Å²) in [5, 5.41) is 12.4. The molecule has 1 aromatic carbocycles. The first-order chi connectivity index (χ1) is 10.8. The van der Waals surface area contributed by atoms with Gasteiger partial charge < -0.3 is 9.64 Å². The summed E-state index contributed by atoms with van der Waals surface area (Å²) in [6, 6.07) is 9.98. The number of benzene rings is 1. The average molecular weight is 319 g/mol. The van der Waals surface area contributed by atoms with Gasteiger partial charge in [0.05, 0.1) is 25.5 Å². The Bertz CT molecular complexity index is 613. The summed E-state index contributed by atoms with van der Waals surface area (Å²) in [5.74, 6) is 0.442. The zero-order valence-corrected chi connectivity index (χ0v) is 12.9. The van der Waals surface area contributed by atoms with E-state index in [4.69, 9.17) is 4.74 Å². The molecule has 0 bridgehead atoms. The molecule has 0 unspecified atom stereocenters. The van der Waals surface area contributed by atoms with Gasteiger partial charge in [-0.1, -0.05) is 42.1 Å². The Hall–Kier alpha value is -1.93. The molecule has 1 aliphatic heterocycles. The van der Waals surface area contributed by atoms with Crippen molar-refractivity contribution in [1.29, 1.82) is 0 Å². The van der Waals surface area contributed by atoms with Crippen LogP contribution in [0.25, 0.3) is 0 Å². The van der Waals surface area contributed by atoms with E-state index in [0.29, 0.717) is 43.8 Å². The molecule has 2 aromatic rings. The molecule has 116 valence electrons. The van der Waals surface area contributed by atoms with Crippen LogP contribution in [0.2, 0.25) is 0 Å². The molecule has 0 radical (unpaired) electrons. The Balaban J connectivity index is 1.57. The fourth-order valence-electron chi connectivity index (χ4n) is 2.19. The van der Waals surface area contributed by atoms with E-state index in [1.165, 1.54) is 11.8 Å². The molecule has 8 heteroatoms. The van der Waals surface area contributed by atoms with Gasteiger partial charge in [-0.25, -0.2) is 4.68 Å². The van der Waals surface area contributed by atoms with E-state index in [0.717, 1.165) is 5.56 Å². The molecule has 0 atom stereocenters. The lowest BCUT2D eigenvalue weighted by Crippen LogP contribution is -2.41. The highest BCUT2D eigenvalue weighted by atomic mass is 32.2. The number of morpholine rings is 1. The van der Waals surface area contributed by atoms with E-state index >= 15 is 0 Å². The van der Waals surface area contributed by atoms with Gasteiger partial charge in [0.2, 0.25) is 11.1 Å². The molecule has 3 rings (SSSR count). The van der Waals surface area contributed by atoms with Gasteiger partial charge in [0.15, 0.2) is 0 Å². The van der Waals surface area contributed by atoms with Crippen LogP contribution in [0.1, 0.15) is 5.56 Å². The third kappa shape index (κ3) is 3.83. The van der Waals surface area contributed by atoms with Crippen molar-refractivity contribution in [2.45, 2.75) is 11.7 Å². The maximum atomic E-state index is 12.1. The lowest BCUT2D eigenvalue weighted by Gasteiger charge is -2.26. The first-order valence-electron chi connectivity index (χ1n) is 7.11. The van der Waals surface area contributed by atoms with Crippen LogP contribution in [0.3, 0.4) is 0 Å². The second-order valence-electron chi connectivity index (χ2n) is 4.89. The van der Waals surface area contributed by atoms with Crippen LogP contribution < -0.4 is 0 Å². The van der Waals surface area contributed by atoms with Gasteiger partial charge >= 0.3 is 0 Å². The zero-order chi connectivity index (χ0) is 15.2. The molecule has 0 N–H and O–H groups in total. The number of rotatable bonds is 5. The molecular formula is C14H17N5O2S. The maximum absolute atomic E-state index is 12.1. The maximum Gasteiger partial charge on any atom is 0.233 e. The highest BCUT2D eigenvalue weighted by Gasteiger charge is 2.18. The average Bonchev–Trinajstić information content (AvgIpc) is 3.01. The monoisotopic (exact) mass is 319 g/mol. The number of amides is 1. The topological polar surface area (TPSA) is 73.1 Å².